The summed E-state index contributed by atoms with van der Waals surface area (Å²) in [4.78, 5) is 15.4. The third-order valence-electron chi connectivity index (χ3n) is 2.25. The zero-order valence-electron chi connectivity index (χ0n) is 9.79. The van der Waals surface area contributed by atoms with Gasteiger partial charge in [-0.3, -0.25) is 9.79 Å². The molecule has 0 aliphatic carbocycles. The van der Waals surface area contributed by atoms with Gasteiger partial charge in [0.05, 0.1) is 5.69 Å². The molecule has 1 rings (SSSR count). The zero-order valence-corrected chi connectivity index (χ0v) is 9.79. The molecule has 15 heavy (non-hydrogen) atoms. The second-order valence-corrected chi connectivity index (χ2v) is 3.97. The maximum absolute atomic E-state index is 10.9. The molecular formula is C13H17NO. The Kier molecular flexibility index (Phi) is 3.78. The fraction of sp³-hybridized carbons (Fsp3) is 0.385. The van der Waals surface area contributed by atoms with E-state index >= 15 is 0 Å². The van der Waals surface area contributed by atoms with Gasteiger partial charge in [0.1, 0.15) is 5.78 Å². The van der Waals surface area contributed by atoms with E-state index in [4.69, 9.17) is 0 Å². The Morgan fingerprint density at radius 1 is 1.20 bits per heavy atom. The van der Waals surface area contributed by atoms with Crippen LogP contribution >= 0.6 is 0 Å². The van der Waals surface area contributed by atoms with Crippen molar-refractivity contribution in [1.82, 2.24) is 0 Å². The normalized spacial score (nSPS) is 11.6. The second-order valence-electron chi connectivity index (χ2n) is 3.97. The van der Waals surface area contributed by atoms with E-state index in [0.29, 0.717) is 6.42 Å². The van der Waals surface area contributed by atoms with Crippen molar-refractivity contribution in [1.29, 1.82) is 0 Å². The fourth-order valence-corrected chi connectivity index (χ4v) is 1.57. The van der Waals surface area contributed by atoms with Crippen LogP contribution in [0.3, 0.4) is 0 Å². The SMILES string of the molecule is CC(=O)C/C(C)=N/c1c(C)cccc1C. The van der Waals surface area contributed by atoms with Crippen LogP contribution in [0.25, 0.3) is 0 Å². The number of benzene rings is 1. The van der Waals surface area contributed by atoms with Crippen molar-refractivity contribution in [2.24, 2.45) is 4.99 Å². The molecule has 0 saturated heterocycles. The van der Waals surface area contributed by atoms with E-state index in [2.05, 4.69) is 4.99 Å². The lowest BCUT2D eigenvalue weighted by atomic mass is 10.1. The number of aliphatic imine (C=N–C) groups is 1. The summed E-state index contributed by atoms with van der Waals surface area (Å²) in [6.07, 6.45) is 0.438. The maximum Gasteiger partial charge on any atom is 0.135 e. The van der Waals surface area contributed by atoms with Crippen LogP contribution in [0.4, 0.5) is 5.69 Å². The number of hydrogen-bond donors (Lipinski definition) is 0. The summed E-state index contributed by atoms with van der Waals surface area (Å²) >= 11 is 0. The Balaban J connectivity index is 3.02. The molecule has 0 saturated carbocycles. The van der Waals surface area contributed by atoms with Crippen molar-refractivity contribution in [3.8, 4) is 0 Å². The molecule has 0 N–H and O–H groups in total. The molecule has 0 radical (unpaired) electrons. The fourth-order valence-electron chi connectivity index (χ4n) is 1.57. The first-order valence-corrected chi connectivity index (χ1v) is 5.10. The van der Waals surface area contributed by atoms with E-state index in [1.165, 1.54) is 0 Å². The number of nitrogens with zero attached hydrogens (tertiary/aromatic N) is 1. The molecule has 1 aromatic carbocycles. The van der Waals surface area contributed by atoms with Crippen LogP contribution in [0.2, 0.25) is 0 Å². The van der Waals surface area contributed by atoms with Gasteiger partial charge >= 0.3 is 0 Å². The highest BCUT2D eigenvalue weighted by Crippen LogP contribution is 2.23. The van der Waals surface area contributed by atoms with Crippen molar-refractivity contribution >= 4 is 17.2 Å². The van der Waals surface area contributed by atoms with Crippen molar-refractivity contribution in [2.75, 3.05) is 0 Å². The predicted molar refractivity (Wildman–Crippen MR) is 64.0 cm³/mol. The third kappa shape index (κ3) is 3.31. The molecule has 0 amide bonds. The molecule has 0 atom stereocenters. The monoisotopic (exact) mass is 203 g/mol. The summed E-state index contributed by atoms with van der Waals surface area (Å²) in [5.74, 6) is 0.155. The molecule has 80 valence electrons. The largest absolute Gasteiger partial charge is 0.300 e. The summed E-state index contributed by atoms with van der Waals surface area (Å²) in [5, 5.41) is 0. The molecule has 0 spiro atoms. The van der Waals surface area contributed by atoms with Gasteiger partial charge in [-0.25, -0.2) is 0 Å². The second kappa shape index (κ2) is 4.87. The lowest BCUT2D eigenvalue weighted by Crippen LogP contribution is -1.99. The number of carbonyl (C=O) groups excluding carboxylic acids is 1. The minimum Gasteiger partial charge on any atom is -0.300 e. The number of carbonyl (C=O) groups is 1. The summed E-state index contributed by atoms with van der Waals surface area (Å²) in [7, 11) is 0. The number of Topliss-reactive ketones (excluding diaryl/α,β-unsaturated/α-hetero) is 1. The highest BCUT2D eigenvalue weighted by molar-refractivity contribution is 6.00. The average molecular weight is 203 g/mol. The van der Waals surface area contributed by atoms with Gasteiger partial charge < -0.3 is 0 Å². The van der Waals surface area contributed by atoms with Crippen LogP contribution in [0.5, 0.6) is 0 Å². The first-order valence-electron chi connectivity index (χ1n) is 5.10. The number of para-hydroxylation sites is 1. The Labute approximate surface area is 91.0 Å². The lowest BCUT2D eigenvalue weighted by molar-refractivity contribution is -0.115. The molecule has 0 unspecified atom stereocenters. The number of ketones is 1. The molecule has 0 fully saturated rings. The standard InChI is InChI=1S/C13H17NO/c1-9-6-5-7-10(2)13(9)14-11(3)8-12(4)15/h5-7H,8H2,1-4H3/b14-11+. The lowest BCUT2D eigenvalue weighted by Gasteiger charge is -2.05. The molecule has 0 aliphatic rings. The third-order valence-corrected chi connectivity index (χ3v) is 2.25. The summed E-state index contributed by atoms with van der Waals surface area (Å²) in [6, 6.07) is 6.09. The van der Waals surface area contributed by atoms with Crippen molar-refractivity contribution in [3.05, 3.63) is 29.3 Å². The van der Waals surface area contributed by atoms with Crippen molar-refractivity contribution in [3.63, 3.8) is 0 Å². The average Bonchev–Trinajstić information content (AvgIpc) is 2.10. The van der Waals surface area contributed by atoms with E-state index in [-0.39, 0.29) is 5.78 Å². The highest BCUT2D eigenvalue weighted by atomic mass is 16.1. The summed E-state index contributed by atoms with van der Waals surface area (Å²) in [5.41, 5.74) is 4.17. The molecule has 0 heterocycles. The van der Waals surface area contributed by atoms with Gasteiger partial charge in [-0.2, -0.15) is 0 Å². The quantitative estimate of drug-likeness (QED) is 0.692. The first-order chi connectivity index (χ1) is 7.00. The van der Waals surface area contributed by atoms with E-state index in [1.807, 2.05) is 39.0 Å². The molecule has 2 heteroatoms. The van der Waals surface area contributed by atoms with Gasteiger partial charge in [-0.05, 0) is 38.8 Å². The minimum atomic E-state index is 0.155. The molecule has 2 nitrogen and oxygen atoms in total. The van der Waals surface area contributed by atoms with Gasteiger partial charge in [0.2, 0.25) is 0 Å². The first kappa shape index (κ1) is 11.6. The van der Waals surface area contributed by atoms with Crippen LogP contribution in [-0.2, 0) is 4.79 Å². The molecule has 0 bridgehead atoms. The van der Waals surface area contributed by atoms with E-state index < -0.39 is 0 Å². The maximum atomic E-state index is 10.9. The van der Waals surface area contributed by atoms with Crippen LogP contribution in [0.1, 0.15) is 31.4 Å². The Bertz CT molecular complexity index is 385. The smallest absolute Gasteiger partial charge is 0.135 e. The number of rotatable bonds is 3. The minimum absolute atomic E-state index is 0.155. The predicted octanol–water partition coefficient (Wildman–Crippen LogP) is 3.37. The van der Waals surface area contributed by atoms with Crippen LogP contribution in [0, 0.1) is 13.8 Å². The van der Waals surface area contributed by atoms with Gasteiger partial charge in [-0.1, -0.05) is 18.2 Å². The molecule has 0 aromatic heterocycles. The Hall–Kier alpha value is -1.44. The van der Waals surface area contributed by atoms with Gasteiger partial charge in [-0.15, -0.1) is 0 Å². The molecular weight excluding hydrogens is 186 g/mol. The van der Waals surface area contributed by atoms with Gasteiger partial charge in [0.15, 0.2) is 0 Å². The van der Waals surface area contributed by atoms with E-state index in [1.54, 1.807) is 6.92 Å². The van der Waals surface area contributed by atoms with Gasteiger partial charge in [0.25, 0.3) is 0 Å². The topological polar surface area (TPSA) is 29.4 Å². The summed E-state index contributed by atoms with van der Waals surface area (Å²) < 4.78 is 0. The van der Waals surface area contributed by atoms with Gasteiger partial charge in [0, 0.05) is 12.1 Å². The summed E-state index contributed by atoms with van der Waals surface area (Å²) in [6.45, 7) is 7.55. The van der Waals surface area contributed by atoms with Crippen LogP contribution in [0.15, 0.2) is 23.2 Å². The molecule has 1 aromatic rings. The van der Waals surface area contributed by atoms with Crippen LogP contribution in [-0.4, -0.2) is 11.5 Å². The van der Waals surface area contributed by atoms with Crippen LogP contribution < -0.4 is 0 Å². The molecule has 0 aliphatic heterocycles. The van der Waals surface area contributed by atoms with E-state index in [9.17, 15) is 4.79 Å². The zero-order chi connectivity index (χ0) is 11.4. The highest BCUT2D eigenvalue weighted by Gasteiger charge is 2.02. The van der Waals surface area contributed by atoms with E-state index in [0.717, 1.165) is 22.5 Å². The Morgan fingerprint density at radius 3 is 2.20 bits per heavy atom. The number of hydrogen-bond acceptors (Lipinski definition) is 2. The van der Waals surface area contributed by atoms with Crippen molar-refractivity contribution in [2.45, 2.75) is 34.1 Å². The van der Waals surface area contributed by atoms with Crippen molar-refractivity contribution < 1.29 is 4.79 Å². The Morgan fingerprint density at radius 2 is 1.73 bits per heavy atom. The number of aryl methyl sites for hydroxylation is 2.